The molecule has 196 valence electrons. The molecule has 6 heteroatoms. The number of rotatable bonds is 1. The largest absolute Gasteiger partial charge is 0.339 e. The summed E-state index contributed by atoms with van der Waals surface area (Å²) in [4.78, 5) is 22.1. The Labute approximate surface area is 228 Å². The number of likely N-dealkylation sites (N-methyl/N-ethyl adjacent to an activating group) is 1. The Morgan fingerprint density at radius 3 is 2.49 bits per heavy atom. The fraction of sp³-hybridized carbons (Fsp3) is 0.212. The average molecular weight is 519 g/mol. The Morgan fingerprint density at radius 2 is 1.64 bits per heavy atom. The molecule has 0 saturated heterocycles. The number of benzene rings is 3. The van der Waals surface area contributed by atoms with Gasteiger partial charge >= 0.3 is 0 Å². The zero-order chi connectivity index (χ0) is 26.8. The number of carbonyl (C=O) groups is 1. The summed E-state index contributed by atoms with van der Waals surface area (Å²) in [7, 11) is 2.14. The highest BCUT2D eigenvalue weighted by Gasteiger charge is 2.19. The SMILES string of the molecule is CN1CCc2cccc(c2)-c2cc3cc(F)ccc3n2CCN(C(=O)c2cccnc2)Cc2cccc(c2)C1. The van der Waals surface area contributed by atoms with Crippen LogP contribution in [0.25, 0.3) is 22.2 Å². The molecule has 0 aliphatic carbocycles. The van der Waals surface area contributed by atoms with E-state index in [0.29, 0.717) is 25.2 Å². The van der Waals surface area contributed by atoms with Crippen molar-refractivity contribution in [2.24, 2.45) is 0 Å². The van der Waals surface area contributed by atoms with Gasteiger partial charge in [0, 0.05) is 61.7 Å². The lowest BCUT2D eigenvalue weighted by molar-refractivity contribution is 0.0737. The van der Waals surface area contributed by atoms with Crippen LogP contribution < -0.4 is 0 Å². The normalized spacial score (nSPS) is 14.8. The molecule has 5 nitrogen and oxygen atoms in total. The highest BCUT2D eigenvalue weighted by molar-refractivity contribution is 5.94. The number of nitrogens with zero attached hydrogens (tertiary/aromatic N) is 4. The molecule has 3 aromatic carbocycles. The van der Waals surface area contributed by atoms with E-state index in [0.717, 1.165) is 47.2 Å². The number of halogens is 1. The maximum Gasteiger partial charge on any atom is 0.255 e. The van der Waals surface area contributed by atoms with Crippen LogP contribution in [-0.2, 0) is 26.1 Å². The van der Waals surface area contributed by atoms with Crippen LogP contribution in [0.1, 0.15) is 27.0 Å². The van der Waals surface area contributed by atoms with Crippen LogP contribution in [-0.4, -0.2) is 45.4 Å². The Hall–Kier alpha value is -4.29. The van der Waals surface area contributed by atoms with E-state index in [2.05, 4.69) is 76.1 Å². The molecule has 39 heavy (non-hydrogen) atoms. The highest BCUT2D eigenvalue weighted by atomic mass is 19.1. The molecule has 0 unspecified atom stereocenters. The molecule has 3 heterocycles. The first-order valence-electron chi connectivity index (χ1n) is 13.4. The maximum atomic E-state index is 14.2. The number of aromatic nitrogens is 2. The van der Waals surface area contributed by atoms with Gasteiger partial charge in [-0.25, -0.2) is 4.39 Å². The summed E-state index contributed by atoms with van der Waals surface area (Å²) >= 11 is 0. The first-order chi connectivity index (χ1) is 19.0. The van der Waals surface area contributed by atoms with Crippen molar-refractivity contribution in [1.29, 1.82) is 0 Å². The molecule has 1 aliphatic rings. The third kappa shape index (κ3) is 5.47. The fourth-order valence-electron chi connectivity index (χ4n) is 5.51. The summed E-state index contributed by atoms with van der Waals surface area (Å²) in [6.45, 7) is 3.32. The van der Waals surface area contributed by atoms with E-state index in [4.69, 9.17) is 0 Å². The topological polar surface area (TPSA) is 41.4 Å². The van der Waals surface area contributed by atoms with Crippen molar-refractivity contribution in [3.8, 4) is 11.3 Å². The summed E-state index contributed by atoms with van der Waals surface area (Å²) in [5.41, 5.74) is 7.21. The molecule has 1 aliphatic heterocycles. The second-order valence-electron chi connectivity index (χ2n) is 10.4. The van der Waals surface area contributed by atoms with Gasteiger partial charge in [-0.15, -0.1) is 0 Å². The summed E-state index contributed by atoms with van der Waals surface area (Å²) < 4.78 is 16.4. The molecule has 1 amide bonds. The van der Waals surface area contributed by atoms with Gasteiger partial charge in [-0.2, -0.15) is 0 Å². The van der Waals surface area contributed by atoms with Gasteiger partial charge in [-0.1, -0.05) is 42.5 Å². The van der Waals surface area contributed by atoms with Crippen LogP contribution in [0.5, 0.6) is 0 Å². The van der Waals surface area contributed by atoms with Crippen LogP contribution in [0.2, 0.25) is 0 Å². The average Bonchev–Trinajstić information content (AvgIpc) is 3.31. The number of pyridine rings is 1. The summed E-state index contributed by atoms with van der Waals surface area (Å²) in [5.74, 6) is -0.313. The van der Waals surface area contributed by atoms with Gasteiger partial charge < -0.3 is 14.4 Å². The van der Waals surface area contributed by atoms with Gasteiger partial charge in [0.05, 0.1) is 5.56 Å². The smallest absolute Gasteiger partial charge is 0.255 e. The van der Waals surface area contributed by atoms with Gasteiger partial charge in [0.15, 0.2) is 0 Å². The van der Waals surface area contributed by atoms with Crippen molar-refractivity contribution in [1.82, 2.24) is 19.4 Å². The van der Waals surface area contributed by atoms with Crippen LogP contribution in [0, 0.1) is 5.82 Å². The maximum absolute atomic E-state index is 14.2. The van der Waals surface area contributed by atoms with Gasteiger partial charge in [0.2, 0.25) is 0 Å². The van der Waals surface area contributed by atoms with Crippen molar-refractivity contribution < 1.29 is 9.18 Å². The fourth-order valence-corrected chi connectivity index (χ4v) is 5.51. The number of hydrogen-bond acceptors (Lipinski definition) is 3. The number of fused-ring (bicyclic) bond motifs is 8. The third-order valence-corrected chi connectivity index (χ3v) is 7.47. The van der Waals surface area contributed by atoms with E-state index in [1.54, 1.807) is 24.5 Å². The van der Waals surface area contributed by atoms with E-state index in [1.165, 1.54) is 17.2 Å². The van der Waals surface area contributed by atoms with E-state index in [9.17, 15) is 9.18 Å². The Kier molecular flexibility index (Phi) is 6.95. The number of hydrogen-bond donors (Lipinski definition) is 0. The molecular formula is C33H31FN4O. The highest BCUT2D eigenvalue weighted by Crippen LogP contribution is 2.30. The van der Waals surface area contributed by atoms with Crippen molar-refractivity contribution >= 4 is 16.8 Å². The number of amides is 1. The van der Waals surface area contributed by atoms with Crippen molar-refractivity contribution in [2.45, 2.75) is 26.1 Å². The van der Waals surface area contributed by atoms with Crippen LogP contribution >= 0.6 is 0 Å². The first kappa shape index (κ1) is 25.0. The summed E-state index contributed by atoms with van der Waals surface area (Å²) in [6, 6.07) is 27.7. The number of carbonyl (C=O) groups excluding carboxylic acids is 1. The second-order valence-corrected chi connectivity index (χ2v) is 10.4. The zero-order valence-corrected chi connectivity index (χ0v) is 22.1. The quantitative estimate of drug-likeness (QED) is 0.266. The molecule has 0 atom stereocenters. The van der Waals surface area contributed by atoms with Gasteiger partial charge in [-0.3, -0.25) is 9.78 Å². The Morgan fingerprint density at radius 1 is 0.821 bits per heavy atom. The molecule has 6 rings (SSSR count). The molecule has 2 aromatic heterocycles. The zero-order valence-electron chi connectivity index (χ0n) is 22.1. The van der Waals surface area contributed by atoms with E-state index >= 15 is 0 Å². The lowest BCUT2D eigenvalue weighted by Crippen LogP contribution is -2.33. The minimum atomic E-state index is -0.255. The van der Waals surface area contributed by atoms with Crippen molar-refractivity contribution in [2.75, 3.05) is 20.1 Å². The minimum absolute atomic E-state index is 0.0576. The van der Waals surface area contributed by atoms with Crippen molar-refractivity contribution in [3.63, 3.8) is 0 Å². The molecular weight excluding hydrogens is 487 g/mol. The van der Waals surface area contributed by atoms with Gasteiger partial charge in [-0.05, 0) is 78.2 Å². The molecule has 0 N–H and O–H groups in total. The first-order valence-corrected chi connectivity index (χ1v) is 13.4. The van der Waals surface area contributed by atoms with E-state index in [-0.39, 0.29) is 11.7 Å². The van der Waals surface area contributed by atoms with Gasteiger partial charge in [0.25, 0.3) is 5.91 Å². The van der Waals surface area contributed by atoms with E-state index < -0.39 is 0 Å². The standard InChI is InChI=1S/C33H31FN4O/c1-36-14-12-24-5-3-8-27(18-24)32-20-29-19-30(34)10-11-31(29)38(32)16-15-37(33(39)28-9-4-13-35-21-28)23-26-7-2-6-25(17-26)22-36/h2-11,13,17-21H,12,14-16,22-23H2,1H3. The summed E-state index contributed by atoms with van der Waals surface area (Å²) in [6.07, 6.45) is 4.24. The third-order valence-electron chi connectivity index (χ3n) is 7.47. The Bertz CT molecular complexity index is 1630. The van der Waals surface area contributed by atoms with Crippen LogP contribution in [0.15, 0.2) is 97.3 Å². The predicted octanol–water partition coefficient (Wildman–Crippen LogP) is 6.17. The minimum Gasteiger partial charge on any atom is -0.339 e. The second kappa shape index (κ2) is 10.8. The predicted molar refractivity (Wildman–Crippen MR) is 153 cm³/mol. The Balaban J connectivity index is 1.46. The molecule has 0 spiro atoms. The lowest BCUT2D eigenvalue weighted by Gasteiger charge is -2.25. The molecule has 0 saturated carbocycles. The van der Waals surface area contributed by atoms with E-state index in [1.807, 2.05) is 17.0 Å². The molecule has 0 radical (unpaired) electrons. The summed E-state index contributed by atoms with van der Waals surface area (Å²) in [5, 5.41) is 0.853. The monoisotopic (exact) mass is 518 g/mol. The molecule has 0 fully saturated rings. The molecule has 4 bridgehead atoms. The van der Waals surface area contributed by atoms with Crippen molar-refractivity contribution in [3.05, 3.63) is 125 Å². The molecule has 5 aromatic rings. The lowest BCUT2D eigenvalue weighted by atomic mass is 10.0. The van der Waals surface area contributed by atoms with Crippen LogP contribution in [0.4, 0.5) is 4.39 Å². The van der Waals surface area contributed by atoms with Gasteiger partial charge in [0.1, 0.15) is 5.82 Å². The van der Waals surface area contributed by atoms with Crippen LogP contribution in [0.3, 0.4) is 0 Å².